The number of benzene rings is 6. The van der Waals surface area contributed by atoms with Crippen LogP contribution in [0.3, 0.4) is 0 Å². The van der Waals surface area contributed by atoms with E-state index in [4.69, 9.17) is 4.74 Å². The fourth-order valence-electron chi connectivity index (χ4n) is 5.20. The van der Waals surface area contributed by atoms with Gasteiger partial charge in [0.05, 0.1) is 28.3 Å². The summed E-state index contributed by atoms with van der Waals surface area (Å²) < 4.78 is 77.6. The number of hydrogen-bond acceptors (Lipinski definition) is 13. The quantitative estimate of drug-likeness (QED) is 0.127. The van der Waals surface area contributed by atoms with Crippen molar-refractivity contribution in [1.82, 2.24) is 0 Å². The van der Waals surface area contributed by atoms with Gasteiger partial charge in [0.1, 0.15) is 37.4 Å². The van der Waals surface area contributed by atoms with Gasteiger partial charge in [0.15, 0.2) is 5.75 Å². The largest absolute Gasteiger partial charge is 1.00 e. The molecule has 0 fully saturated rings. The van der Waals surface area contributed by atoms with Crippen LogP contribution in [0.2, 0.25) is 0 Å². The SMILES string of the molecule is COc1cc(N=Nc2cccc3c(S(=O)(=O)[O-])cccc23)c(C)cc1N=Nc1c(S(=O)(=O)[O-])cc2cc(Nc3ccccc3)ccc2c1O.[Na+].[Na+]. The van der Waals surface area contributed by atoms with Crippen molar-refractivity contribution < 1.29 is 94.9 Å². The maximum absolute atomic E-state index is 12.3. The van der Waals surface area contributed by atoms with Gasteiger partial charge in [0, 0.05) is 33.6 Å². The molecule has 0 aromatic heterocycles. The van der Waals surface area contributed by atoms with Crippen LogP contribution in [0.25, 0.3) is 21.5 Å². The van der Waals surface area contributed by atoms with Crippen LogP contribution < -0.4 is 69.2 Å². The molecule has 13 nitrogen and oxygen atoms in total. The Morgan fingerprint density at radius 3 is 1.96 bits per heavy atom. The van der Waals surface area contributed by atoms with Crippen LogP contribution in [0.5, 0.6) is 11.5 Å². The van der Waals surface area contributed by atoms with Crippen LogP contribution >= 0.6 is 0 Å². The fourth-order valence-corrected chi connectivity index (χ4v) is 6.54. The van der Waals surface area contributed by atoms with Crippen molar-refractivity contribution >= 4 is 75.9 Å². The molecule has 0 bridgehead atoms. The maximum Gasteiger partial charge on any atom is 1.00 e. The van der Waals surface area contributed by atoms with Crippen LogP contribution in [-0.4, -0.2) is 38.2 Å². The van der Waals surface area contributed by atoms with Crippen molar-refractivity contribution in [2.24, 2.45) is 20.5 Å². The molecule has 6 aromatic carbocycles. The third-order valence-electron chi connectivity index (χ3n) is 7.53. The molecule has 0 heterocycles. The summed E-state index contributed by atoms with van der Waals surface area (Å²) in [4.78, 5) is -1.13. The standard InChI is InChI=1S/C34H27N5O8S2.2Na/c1-20-16-29(30(47-2)19-28(20)37-36-27-12-6-11-26-25(27)10-7-13-31(26)48(41,42)43)38-39-33-32(49(44,45)46)18-21-17-23(14-15-24(21)34(33)40)35-22-8-4-3-5-9-22;;/h3-19,35,40H,1-2H3,(H,41,42,43)(H,44,45,46);;/q;2*+1/p-2. The molecule has 0 amide bonds. The first-order chi connectivity index (χ1) is 23.3. The minimum atomic E-state index is -5.11. The van der Waals surface area contributed by atoms with Crippen LogP contribution in [0.4, 0.5) is 34.1 Å². The molecule has 0 saturated heterocycles. The number of aromatic hydroxyl groups is 1. The molecule has 0 aliphatic heterocycles. The molecule has 0 atom stereocenters. The van der Waals surface area contributed by atoms with Crippen LogP contribution in [0, 0.1) is 6.92 Å². The molecule has 0 saturated carbocycles. The van der Waals surface area contributed by atoms with E-state index in [2.05, 4.69) is 25.8 Å². The normalized spacial score (nSPS) is 11.8. The summed E-state index contributed by atoms with van der Waals surface area (Å²) in [5.41, 5.74) is 2.17. The number of aryl methyl sites for hydroxylation is 1. The third kappa shape index (κ3) is 8.84. The number of phenolic OH excluding ortho intramolecular Hbond substituents is 1. The van der Waals surface area contributed by atoms with Gasteiger partial charge >= 0.3 is 59.1 Å². The topological polar surface area (TPSA) is 205 Å². The third-order valence-corrected chi connectivity index (χ3v) is 9.28. The number of azo groups is 2. The molecule has 6 rings (SSSR count). The van der Waals surface area contributed by atoms with E-state index in [9.17, 15) is 31.0 Å². The van der Waals surface area contributed by atoms with E-state index in [1.807, 2.05) is 30.3 Å². The van der Waals surface area contributed by atoms with Gasteiger partial charge in [-0.2, -0.15) is 5.11 Å². The number of anilines is 2. The zero-order valence-corrected chi connectivity index (χ0v) is 33.4. The summed E-state index contributed by atoms with van der Waals surface area (Å²) in [5, 5.41) is 32.1. The van der Waals surface area contributed by atoms with Gasteiger partial charge in [-0.3, -0.25) is 0 Å². The van der Waals surface area contributed by atoms with Gasteiger partial charge < -0.3 is 24.3 Å². The molecule has 17 heteroatoms. The molecular weight excluding hydrogens is 717 g/mol. The summed E-state index contributed by atoms with van der Waals surface area (Å²) >= 11 is 0. The molecule has 0 aliphatic rings. The Bertz CT molecular complexity index is 2550. The van der Waals surface area contributed by atoms with E-state index < -0.39 is 36.6 Å². The molecule has 0 spiro atoms. The van der Waals surface area contributed by atoms with E-state index >= 15 is 0 Å². The second-order valence-corrected chi connectivity index (χ2v) is 13.4. The molecule has 0 unspecified atom stereocenters. The number of para-hydroxylation sites is 1. The summed E-state index contributed by atoms with van der Waals surface area (Å²) in [6, 6.07) is 27.2. The van der Waals surface area contributed by atoms with Crippen molar-refractivity contribution in [3.05, 3.63) is 109 Å². The van der Waals surface area contributed by atoms with Crippen LogP contribution in [0.15, 0.2) is 133 Å². The van der Waals surface area contributed by atoms with Gasteiger partial charge in [0.2, 0.25) is 0 Å². The van der Waals surface area contributed by atoms with Gasteiger partial charge in [-0.15, -0.1) is 15.3 Å². The Morgan fingerprint density at radius 1 is 0.627 bits per heavy atom. The Hall–Kier alpha value is -3.74. The molecule has 0 aliphatic carbocycles. The summed E-state index contributed by atoms with van der Waals surface area (Å²) in [6.07, 6.45) is 0. The first-order valence-electron chi connectivity index (χ1n) is 14.4. The Balaban J connectivity index is 0.00000292. The number of fused-ring (bicyclic) bond motifs is 2. The van der Waals surface area contributed by atoms with Crippen molar-refractivity contribution in [3.8, 4) is 11.5 Å². The molecular formula is C34H25N5Na2O8S2. The number of phenols is 1. The maximum atomic E-state index is 12.3. The number of nitrogens with one attached hydrogen (secondary N) is 1. The average Bonchev–Trinajstić information content (AvgIpc) is 3.06. The minimum Gasteiger partial charge on any atom is -0.744 e. The number of ether oxygens (including phenoxy) is 1. The van der Waals surface area contributed by atoms with Gasteiger partial charge in [-0.25, -0.2) is 16.8 Å². The molecule has 6 aromatic rings. The minimum absolute atomic E-state index is 0. The van der Waals surface area contributed by atoms with E-state index in [1.54, 1.807) is 43.3 Å². The van der Waals surface area contributed by atoms with Crippen molar-refractivity contribution in [3.63, 3.8) is 0 Å². The predicted molar refractivity (Wildman–Crippen MR) is 181 cm³/mol. The Morgan fingerprint density at radius 2 is 1.27 bits per heavy atom. The smallest absolute Gasteiger partial charge is 0.744 e. The Labute approximate surface area is 337 Å². The molecule has 0 radical (unpaired) electrons. The van der Waals surface area contributed by atoms with E-state index in [-0.39, 0.29) is 91.6 Å². The van der Waals surface area contributed by atoms with Gasteiger partial charge in [-0.05, 0) is 72.5 Å². The number of nitrogens with zero attached hydrogens (tertiary/aromatic N) is 4. The van der Waals surface area contributed by atoms with Crippen LogP contribution in [0.1, 0.15) is 5.56 Å². The van der Waals surface area contributed by atoms with Crippen LogP contribution in [-0.2, 0) is 20.2 Å². The van der Waals surface area contributed by atoms with E-state index in [0.717, 1.165) is 11.8 Å². The summed E-state index contributed by atoms with van der Waals surface area (Å²) in [6.45, 7) is 1.69. The first kappa shape index (κ1) is 40.0. The fraction of sp³-hybridized carbons (Fsp3) is 0.0588. The summed E-state index contributed by atoms with van der Waals surface area (Å²) in [5.74, 6) is -0.393. The molecule has 51 heavy (non-hydrogen) atoms. The number of hydrogen-bond donors (Lipinski definition) is 2. The average molecular weight is 742 g/mol. The zero-order chi connectivity index (χ0) is 34.9. The van der Waals surface area contributed by atoms with Gasteiger partial charge in [0.25, 0.3) is 0 Å². The summed E-state index contributed by atoms with van der Waals surface area (Å²) in [7, 11) is -8.47. The van der Waals surface area contributed by atoms with E-state index in [1.165, 1.54) is 37.4 Å². The predicted octanol–water partition coefficient (Wildman–Crippen LogP) is 2.41. The second kappa shape index (κ2) is 16.3. The number of methoxy groups -OCH3 is 1. The van der Waals surface area contributed by atoms with E-state index in [0.29, 0.717) is 28.0 Å². The van der Waals surface area contributed by atoms with Gasteiger partial charge in [-0.1, -0.05) is 42.5 Å². The van der Waals surface area contributed by atoms with Crippen molar-refractivity contribution in [1.29, 1.82) is 0 Å². The Kier molecular flexibility index (Phi) is 12.8. The second-order valence-electron chi connectivity index (χ2n) is 10.7. The first-order valence-corrected chi connectivity index (χ1v) is 17.2. The molecule has 248 valence electrons. The molecule has 2 N–H and O–H groups in total. The zero-order valence-electron chi connectivity index (χ0n) is 27.7. The monoisotopic (exact) mass is 741 g/mol. The van der Waals surface area contributed by atoms with Crippen molar-refractivity contribution in [2.45, 2.75) is 16.7 Å². The van der Waals surface area contributed by atoms with Crippen molar-refractivity contribution in [2.75, 3.05) is 12.4 Å². The number of rotatable bonds is 9.